The maximum atomic E-state index is 13.7. The number of aliphatic carboxylic acids is 2. The number of hydrogen-bond acceptors (Lipinski definition) is 5. The first kappa shape index (κ1) is 22.9. The van der Waals surface area contributed by atoms with Gasteiger partial charge in [-0.05, 0) is 28.8 Å². The van der Waals surface area contributed by atoms with Crippen LogP contribution in [0.5, 0.6) is 5.75 Å². The summed E-state index contributed by atoms with van der Waals surface area (Å²) in [6.45, 7) is 0. The molecule has 0 amide bonds. The fourth-order valence-corrected chi connectivity index (χ4v) is 4.39. The fourth-order valence-electron chi connectivity index (χ4n) is 4.39. The highest BCUT2D eigenvalue weighted by Crippen LogP contribution is 2.41. The molecule has 1 unspecified atom stereocenters. The molecule has 1 saturated heterocycles. The summed E-state index contributed by atoms with van der Waals surface area (Å²) in [5, 5.41) is 32.6. The molecule has 0 radical (unpaired) electrons. The molecule has 172 valence electrons. The number of phenols is 1. The number of aromatic hydroxyl groups is 1. The van der Waals surface area contributed by atoms with Gasteiger partial charge in [-0.15, -0.1) is 0 Å². The van der Waals surface area contributed by atoms with Crippen LogP contribution in [0.4, 0.5) is 0 Å². The second-order valence-corrected chi connectivity index (χ2v) is 8.20. The van der Waals surface area contributed by atoms with E-state index in [0.717, 1.165) is 11.1 Å². The van der Waals surface area contributed by atoms with Gasteiger partial charge >= 0.3 is 11.9 Å². The number of carbonyl (C=O) groups excluding carboxylic acids is 1. The van der Waals surface area contributed by atoms with Gasteiger partial charge in [0.1, 0.15) is 5.75 Å². The Balaban J connectivity index is 1.83. The van der Waals surface area contributed by atoms with E-state index in [1.807, 2.05) is 60.7 Å². The van der Waals surface area contributed by atoms with Crippen molar-refractivity contribution in [2.75, 3.05) is 0 Å². The zero-order valence-corrected chi connectivity index (χ0v) is 18.1. The summed E-state index contributed by atoms with van der Waals surface area (Å²) >= 11 is 0. The third kappa shape index (κ3) is 4.21. The Morgan fingerprint density at radius 2 is 1.32 bits per heavy atom. The van der Waals surface area contributed by atoms with Gasteiger partial charge in [-0.25, -0.2) is 9.59 Å². The van der Waals surface area contributed by atoms with Gasteiger partial charge in [-0.2, -0.15) is 0 Å². The van der Waals surface area contributed by atoms with Crippen molar-refractivity contribution in [2.45, 2.75) is 23.9 Å². The highest BCUT2D eigenvalue weighted by atomic mass is 16.4. The zero-order chi connectivity index (χ0) is 24.3. The molecule has 7 nitrogen and oxygen atoms in total. The summed E-state index contributed by atoms with van der Waals surface area (Å²) in [5.74, 6) is -4.25. The quantitative estimate of drug-likeness (QED) is 0.315. The molecule has 4 N–H and O–H groups in total. The van der Waals surface area contributed by atoms with E-state index >= 15 is 0 Å². The summed E-state index contributed by atoms with van der Waals surface area (Å²) in [5.41, 5.74) is -0.254. The van der Waals surface area contributed by atoms with E-state index < -0.39 is 35.9 Å². The maximum Gasteiger partial charge on any atom is 0.336 e. The van der Waals surface area contributed by atoms with Crippen LogP contribution in [-0.4, -0.2) is 38.6 Å². The first-order valence-electron chi connectivity index (χ1n) is 10.7. The van der Waals surface area contributed by atoms with Crippen molar-refractivity contribution >= 4 is 17.7 Å². The van der Waals surface area contributed by atoms with Crippen LogP contribution in [0.15, 0.2) is 96.6 Å². The summed E-state index contributed by atoms with van der Waals surface area (Å²) < 4.78 is 0. The summed E-state index contributed by atoms with van der Waals surface area (Å²) in [4.78, 5) is 37.7. The molecule has 3 aromatic rings. The van der Waals surface area contributed by atoms with E-state index in [4.69, 9.17) is 0 Å². The average Bonchev–Trinajstić information content (AvgIpc) is 3.21. The molecule has 0 saturated carbocycles. The Hall–Kier alpha value is -4.23. The van der Waals surface area contributed by atoms with Crippen LogP contribution in [0.3, 0.4) is 0 Å². The lowest BCUT2D eigenvalue weighted by Crippen LogP contribution is -2.54. The van der Waals surface area contributed by atoms with E-state index in [2.05, 4.69) is 5.32 Å². The lowest BCUT2D eigenvalue weighted by atomic mass is 9.85. The van der Waals surface area contributed by atoms with E-state index in [0.29, 0.717) is 5.56 Å². The second kappa shape index (κ2) is 9.33. The number of benzene rings is 3. The number of hydrogen-bond donors (Lipinski definition) is 4. The van der Waals surface area contributed by atoms with Gasteiger partial charge in [0.05, 0.1) is 12.0 Å². The molecule has 34 heavy (non-hydrogen) atoms. The lowest BCUT2D eigenvalue weighted by molar-refractivity contribution is -0.158. The van der Waals surface area contributed by atoms with Crippen molar-refractivity contribution in [3.63, 3.8) is 0 Å². The predicted octanol–water partition coefficient (Wildman–Crippen LogP) is 3.66. The largest absolute Gasteiger partial charge is 0.508 e. The monoisotopic (exact) mass is 457 g/mol. The second-order valence-electron chi connectivity index (χ2n) is 8.20. The number of nitrogens with one attached hydrogen (secondary N) is 1. The third-order valence-electron chi connectivity index (χ3n) is 6.09. The maximum absolute atomic E-state index is 13.7. The van der Waals surface area contributed by atoms with Crippen LogP contribution in [0, 0.1) is 0 Å². The van der Waals surface area contributed by atoms with Gasteiger partial charge in [-0.1, -0.05) is 78.9 Å². The number of carboxylic acid groups (broad SMARTS) is 2. The Labute approximate surface area is 196 Å². The minimum atomic E-state index is -2.33. The first-order chi connectivity index (χ1) is 16.3. The SMILES string of the molecule is O=C(/C=C1\CC(C(=O)O)(C(=O)O)NC1c1ccccc1O)C(c1ccccc1)c1ccccc1. The minimum Gasteiger partial charge on any atom is -0.508 e. The Bertz CT molecular complexity index is 1200. The van der Waals surface area contributed by atoms with Crippen molar-refractivity contribution in [3.05, 3.63) is 113 Å². The van der Waals surface area contributed by atoms with E-state index in [1.54, 1.807) is 18.2 Å². The fraction of sp³-hybridized carbons (Fsp3) is 0.148. The van der Waals surface area contributed by atoms with Crippen LogP contribution < -0.4 is 5.32 Å². The Morgan fingerprint density at radius 3 is 1.82 bits per heavy atom. The average molecular weight is 457 g/mol. The van der Waals surface area contributed by atoms with Gasteiger partial charge < -0.3 is 15.3 Å². The van der Waals surface area contributed by atoms with E-state index in [-0.39, 0.29) is 17.1 Å². The van der Waals surface area contributed by atoms with Crippen molar-refractivity contribution in [3.8, 4) is 5.75 Å². The van der Waals surface area contributed by atoms with Gasteiger partial charge in [-0.3, -0.25) is 10.1 Å². The van der Waals surface area contributed by atoms with Crippen molar-refractivity contribution in [2.24, 2.45) is 0 Å². The van der Waals surface area contributed by atoms with Gasteiger partial charge in [0, 0.05) is 12.0 Å². The molecule has 4 rings (SSSR count). The molecule has 1 atom stereocenters. The molecule has 0 aromatic heterocycles. The number of rotatable bonds is 7. The van der Waals surface area contributed by atoms with Gasteiger partial charge in [0.15, 0.2) is 5.78 Å². The van der Waals surface area contributed by atoms with Gasteiger partial charge in [0.2, 0.25) is 5.54 Å². The van der Waals surface area contributed by atoms with Crippen LogP contribution in [0.25, 0.3) is 0 Å². The molecular formula is C27H23NO6. The van der Waals surface area contributed by atoms with Crippen LogP contribution in [0.2, 0.25) is 0 Å². The van der Waals surface area contributed by atoms with Crippen LogP contribution >= 0.6 is 0 Å². The Morgan fingerprint density at radius 1 is 0.824 bits per heavy atom. The summed E-state index contributed by atoms with van der Waals surface area (Å²) in [6.07, 6.45) is 0.890. The van der Waals surface area contributed by atoms with E-state index in [9.17, 15) is 29.7 Å². The minimum absolute atomic E-state index is 0.132. The van der Waals surface area contributed by atoms with Crippen molar-refractivity contribution in [1.29, 1.82) is 0 Å². The predicted molar refractivity (Wildman–Crippen MR) is 124 cm³/mol. The van der Waals surface area contributed by atoms with Crippen molar-refractivity contribution < 1.29 is 29.7 Å². The molecule has 1 heterocycles. The standard InChI is InChI=1S/C27H23NO6/c29-21-14-8-7-13-20(21)24-19(16-27(28-24,25(31)32)26(33)34)15-22(30)23(17-9-3-1-4-10-17)18-11-5-2-6-12-18/h1-15,23-24,28-29H,16H2,(H,31,32)(H,33,34)/b19-15+. The van der Waals surface area contributed by atoms with Crippen molar-refractivity contribution in [1.82, 2.24) is 5.32 Å². The summed E-state index contributed by atoms with van der Waals surface area (Å²) in [7, 11) is 0. The molecule has 1 aliphatic rings. The van der Waals surface area contributed by atoms with E-state index in [1.165, 1.54) is 12.1 Å². The molecule has 0 aliphatic carbocycles. The topological polar surface area (TPSA) is 124 Å². The molecule has 7 heteroatoms. The smallest absolute Gasteiger partial charge is 0.336 e. The molecule has 0 spiro atoms. The first-order valence-corrected chi connectivity index (χ1v) is 10.7. The molecule has 3 aromatic carbocycles. The molecule has 0 bridgehead atoms. The molecular weight excluding hydrogens is 434 g/mol. The zero-order valence-electron chi connectivity index (χ0n) is 18.1. The highest BCUT2D eigenvalue weighted by molar-refractivity contribution is 6.05. The number of phenolic OH excluding ortho intramolecular Hbond substituents is 1. The van der Waals surface area contributed by atoms with Crippen LogP contribution in [0.1, 0.15) is 35.1 Å². The molecule has 1 aliphatic heterocycles. The number of ketones is 1. The number of para-hydroxylation sites is 1. The summed E-state index contributed by atoms with van der Waals surface area (Å²) in [6, 6.07) is 23.6. The third-order valence-corrected chi connectivity index (χ3v) is 6.09. The molecule has 1 fully saturated rings. The lowest BCUT2D eigenvalue weighted by Gasteiger charge is -2.21. The van der Waals surface area contributed by atoms with Gasteiger partial charge in [0.25, 0.3) is 0 Å². The van der Waals surface area contributed by atoms with Crippen LogP contribution in [-0.2, 0) is 14.4 Å². The normalized spacial score (nSPS) is 18.1. The number of allylic oxidation sites excluding steroid dienone is 1. The number of carbonyl (C=O) groups is 3. The Kier molecular flexibility index (Phi) is 6.30. The number of carboxylic acids is 2. The highest BCUT2D eigenvalue weighted by Gasteiger charge is 2.54.